The van der Waals surface area contributed by atoms with Crippen LogP contribution >= 0.6 is 0 Å². The molecule has 0 saturated heterocycles. The summed E-state index contributed by atoms with van der Waals surface area (Å²) in [5.74, 6) is -1.36. The summed E-state index contributed by atoms with van der Waals surface area (Å²) in [6.07, 6.45) is 0. The number of carboxylic acid groups (broad SMARTS) is 1. The highest BCUT2D eigenvalue weighted by molar-refractivity contribution is 5.95. The lowest BCUT2D eigenvalue weighted by Gasteiger charge is -1.97. The van der Waals surface area contributed by atoms with Crippen molar-refractivity contribution in [2.75, 3.05) is 0 Å². The van der Waals surface area contributed by atoms with Gasteiger partial charge in [-0.05, 0) is 31.2 Å². The molecule has 2 aromatic rings. The normalized spacial score (nSPS) is 10.4. The van der Waals surface area contributed by atoms with Crippen LogP contribution < -0.4 is 0 Å². The Morgan fingerprint density at radius 1 is 1.38 bits per heavy atom. The number of carbonyl (C=O) groups is 1. The molecule has 0 spiro atoms. The van der Waals surface area contributed by atoms with Gasteiger partial charge in [-0.1, -0.05) is 5.16 Å². The van der Waals surface area contributed by atoms with E-state index in [-0.39, 0.29) is 11.3 Å². The molecule has 0 amide bonds. The van der Waals surface area contributed by atoms with E-state index in [1.807, 2.05) is 0 Å². The Balaban J connectivity index is 2.56. The minimum absolute atomic E-state index is 0.00612. The van der Waals surface area contributed by atoms with E-state index < -0.39 is 11.8 Å². The van der Waals surface area contributed by atoms with Crippen LogP contribution in [-0.2, 0) is 0 Å². The first-order valence-corrected chi connectivity index (χ1v) is 4.55. The van der Waals surface area contributed by atoms with Gasteiger partial charge in [0.15, 0.2) is 5.76 Å². The summed E-state index contributed by atoms with van der Waals surface area (Å²) in [5.41, 5.74) is 0.790. The van der Waals surface area contributed by atoms with Crippen LogP contribution in [-0.4, -0.2) is 16.2 Å². The summed E-state index contributed by atoms with van der Waals surface area (Å²) < 4.78 is 17.6. The number of rotatable bonds is 2. The zero-order valence-corrected chi connectivity index (χ0v) is 8.40. The standard InChI is InChI=1S/C11H8FNO3/c1-6-9(11(14)15)10(16-13-6)7-2-4-8(12)5-3-7/h2-5H,1H3,(H,14,15). The van der Waals surface area contributed by atoms with E-state index in [1.165, 1.54) is 24.3 Å². The van der Waals surface area contributed by atoms with Gasteiger partial charge in [0.25, 0.3) is 0 Å². The predicted molar refractivity (Wildman–Crippen MR) is 53.6 cm³/mol. The second-order valence-corrected chi connectivity index (χ2v) is 3.28. The van der Waals surface area contributed by atoms with Crippen LogP contribution in [0, 0.1) is 12.7 Å². The summed E-state index contributed by atoms with van der Waals surface area (Å²) in [7, 11) is 0. The van der Waals surface area contributed by atoms with Crippen molar-refractivity contribution < 1.29 is 18.8 Å². The number of aryl methyl sites for hydroxylation is 1. The van der Waals surface area contributed by atoms with E-state index in [9.17, 15) is 9.18 Å². The third-order valence-electron chi connectivity index (χ3n) is 2.18. The fourth-order valence-corrected chi connectivity index (χ4v) is 1.42. The smallest absolute Gasteiger partial charge is 0.341 e. The van der Waals surface area contributed by atoms with Gasteiger partial charge in [0.05, 0.1) is 5.69 Å². The first-order chi connectivity index (χ1) is 7.59. The zero-order valence-electron chi connectivity index (χ0n) is 8.40. The number of aromatic carboxylic acids is 1. The summed E-state index contributed by atoms with van der Waals surface area (Å²) in [5, 5.41) is 12.6. The molecule has 0 aliphatic rings. The van der Waals surface area contributed by atoms with Crippen LogP contribution in [0.15, 0.2) is 28.8 Å². The lowest BCUT2D eigenvalue weighted by molar-refractivity contribution is 0.0696. The molecule has 0 aliphatic heterocycles. The van der Waals surface area contributed by atoms with Gasteiger partial charge in [-0.15, -0.1) is 0 Å². The van der Waals surface area contributed by atoms with Gasteiger partial charge in [0.1, 0.15) is 11.4 Å². The Morgan fingerprint density at radius 2 is 2.00 bits per heavy atom. The highest BCUT2D eigenvalue weighted by Crippen LogP contribution is 2.26. The second kappa shape index (κ2) is 3.77. The molecule has 82 valence electrons. The molecule has 0 atom stereocenters. The van der Waals surface area contributed by atoms with E-state index >= 15 is 0 Å². The maximum absolute atomic E-state index is 12.7. The Kier molecular flexibility index (Phi) is 2.44. The van der Waals surface area contributed by atoms with Gasteiger partial charge in [-0.25, -0.2) is 9.18 Å². The molecule has 4 nitrogen and oxygen atoms in total. The molecule has 1 aromatic carbocycles. The molecule has 16 heavy (non-hydrogen) atoms. The fraction of sp³-hybridized carbons (Fsp3) is 0.0909. The minimum atomic E-state index is -1.11. The topological polar surface area (TPSA) is 63.3 Å². The lowest BCUT2D eigenvalue weighted by Crippen LogP contribution is -1.99. The molecule has 1 N–H and O–H groups in total. The SMILES string of the molecule is Cc1noc(-c2ccc(F)cc2)c1C(=O)O. The number of hydrogen-bond acceptors (Lipinski definition) is 3. The molecule has 2 rings (SSSR count). The van der Waals surface area contributed by atoms with Crippen molar-refractivity contribution in [3.63, 3.8) is 0 Å². The number of hydrogen-bond donors (Lipinski definition) is 1. The average Bonchev–Trinajstić information content (AvgIpc) is 2.61. The Morgan fingerprint density at radius 3 is 2.56 bits per heavy atom. The number of benzene rings is 1. The van der Waals surface area contributed by atoms with E-state index in [0.29, 0.717) is 11.3 Å². The molecule has 0 radical (unpaired) electrons. The molecule has 0 aliphatic carbocycles. The van der Waals surface area contributed by atoms with Crippen molar-refractivity contribution in [2.24, 2.45) is 0 Å². The van der Waals surface area contributed by atoms with Crippen LogP contribution in [0.1, 0.15) is 16.1 Å². The first kappa shape index (κ1) is 10.4. The average molecular weight is 221 g/mol. The summed E-state index contributed by atoms with van der Waals surface area (Å²) in [6, 6.07) is 5.36. The maximum Gasteiger partial charge on any atom is 0.341 e. The van der Waals surface area contributed by atoms with Crippen molar-refractivity contribution in [1.82, 2.24) is 5.16 Å². The third-order valence-corrected chi connectivity index (χ3v) is 2.18. The molecule has 1 heterocycles. The molecule has 0 unspecified atom stereocenters. The van der Waals surface area contributed by atoms with Crippen molar-refractivity contribution >= 4 is 5.97 Å². The maximum atomic E-state index is 12.7. The van der Waals surface area contributed by atoms with Gasteiger partial charge < -0.3 is 9.63 Å². The first-order valence-electron chi connectivity index (χ1n) is 4.55. The Labute approximate surface area is 90.3 Å². The van der Waals surface area contributed by atoms with Crippen molar-refractivity contribution in [3.05, 3.63) is 41.3 Å². The summed E-state index contributed by atoms with van der Waals surface area (Å²) >= 11 is 0. The van der Waals surface area contributed by atoms with Gasteiger partial charge >= 0.3 is 5.97 Å². The van der Waals surface area contributed by atoms with Gasteiger partial charge in [-0.3, -0.25) is 0 Å². The van der Waals surface area contributed by atoms with Crippen LogP contribution in [0.2, 0.25) is 0 Å². The lowest BCUT2D eigenvalue weighted by atomic mass is 10.1. The van der Waals surface area contributed by atoms with Crippen LogP contribution in [0.5, 0.6) is 0 Å². The molecule has 0 bridgehead atoms. The molecule has 0 fully saturated rings. The molecular formula is C11H8FNO3. The Hall–Kier alpha value is -2.17. The van der Waals surface area contributed by atoms with Gasteiger partial charge in [0, 0.05) is 5.56 Å². The van der Waals surface area contributed by atoms with Gasteiger partial charge in [0.2, 0.25) is 0 Å². The van der Waals surface area contributed by atoms with E-state index in [1.54, 1.807) is 6.92 Å². The quantitative estimate of drug-likeness (QED) is 0.846. The number of halogens is 1. The minimum Gasteiger partial charge on any atom is -0.477 e. The Bertz CT molecular complexity index is 531. The van der Waals surface area contributed by atoms with Crippen molar-refractivity contribution in [1.29, 1.82) is 0 Å². The fourth-order valence-electron chi connectivity index (χ4n) is 1.42. The number of nitrogens with zero attached hydrogens (tertiary/aromatic N) is 1. The van der Waals surface area contributed by atoms with E-state index in [4.69, 9.17) is 9.63 Å². The van der Waals surface area contributed by atoms with Crippen LogP contribution in [0.25, 0.3) is 11.3 Å². The molecule has 5 heteroatoms. The second-order valence-electron chi connectivity index (χ2n) is 3.28. The van der Waals surface area contributed by atoms with Crippen LogP contribution in [0.4, 0.5) is 4.39 Å². The molecule has 0 saturated carbocycles. The van der Waals surface area contributed by atoms with Crippen molar-refractivity contribution in [3.8, 4) is 11.3 Å². The van der Waals surface area contributed by atoms with Crippen molar-refractivity contribution in [2.45, 2.75) is 6.92 Å². The summed E-state index contributed by atoms with van der Waals surface area (Å²) in [6.45, 7) is 1.54. The van der Waals surface area contributed by atoms with E-state index in [0.717, 1.165) is 0 Å². The predicted octanol–water partition coefficient (Wildman–Crippen LogP) is 2.49. The van der Waals surface area contributed by atoms with Gasteiger partial charge in [-0.2, -0.15) is 0 Å². The van der Waals surface area contributed by atoms with E-state index in [2.05, 4.69) is 5.16 Å². The number of aromatic nitrogens is 1. The molecule has 1 aromatic heterocycles. The monoisotopic (exact) mass is 221 g/mol. The third kappa shape index (κ3) is 1.67. The molecular weight excluding hydrogens is 213 g/mol. The largest absolute Gasteiger partial charge is 0.477 e. The van der Waals surface area contributed by atoms with Crippen LogP contribution in [0.3, 0.4) is 0 Å². The highest BCUT2D eigenvalue weighted by Gasteiger charge is 2.20. The summed E-state index contributed by atoms with van der Waals surface area (Å²) in [4.78, 5) is 11.0. The highest BCUT2D eigenvalue weighted by atomic mass is 19.1. The zero-order chi connectivity index (χ0) is 11.7. The number of carboxylic acids is 1.